The Bertz CT molecular complexity index is 778. The Hall–Kier alpha value is -1.88. The molecule has 0 radical (unpaired) electrons. The number of aryl methyl sites for hydroxylation is 1. The number of hydrogen-bond acceptors (Lipinski definition) is 3. The molecule has 0 bridgehead atoms. The van der Waals surface area contributed by atoms with Crippen molar-refractivity contribution in [2.24, 2.45) is 11.0 Å². The Labute approximate surface area is 154 Å². The number of aromatic nitrogens is 1. The van der Waals surface area contributed by atoms with E-state index < -0.39 is 0 Å². The molecule has 4 aliphatic rings. The molecule has 2 fully saturated rings. The van der Waals surface area contributed by atoms with Gasteiger partial charge >= 0.3 is 0 Å². The van der Waals surface area contributed by atoms with Crippen molar-refractivity contribution in [3.63, 3.8) is 0 Å². The largest absolute Gasteiger partial charge is 0.358 e. The van der Waals surface area contributed by atoms with E-state index in [1.807, 2.05) is 0 Å². The van der Waals surface area contributed by atoms with Crippen molar-refractivity contribution in [2.45, 2.75) is 64.3 Å². The summed E-state index contributed by atoms with van der Waals surface area (Å²) in [5.74, 6) is 0.443. The normalized spacial score (nSPS) is 25.3. The molecule has 1 saturated carbocycles. The molecular formula is C21H28N4O. The van der Waals surface area contributed by atoms with Gasteiger partial charge in [-0.3, -0.25) is 9.69 Å². The van der Waals surface area contributed by atoms with Gasteiger partial charge < -0.3 is 4.98 Å². The van der Waals surface area contributed by atoms with Crippen LogP contribution < -0.4 is 5.43 Å². The van der Waals surface area contributed by atoms with E-state index in [2.05, 4.69) is 26.5 Å². The van der Waals surface area contributed by atoms with E-state index in [0.29, 0.717) is 5.92 Å². The highest BCUT2D eigenvalue weighted by molar-refractivity contribution is 6.28. The predicted octanol–water partition coefficient (Wildman–Crippen LogP) is 3.16. The molecule has 2 aliphatic heterocycles. The zero-order valence-electron chi connectivity index (χ0n) is 15.4. The first kappa shape index (κ1) is 16.3. The first-order chi connectivity index (χ1) is 12.8. The van der Waals surface area contributed by atoms with Crippen molar-refractivity contribution in [2.75, 3.05) is 13.1 Å². The van der Waals surface area contributed by atoms with Crippen LogP contribution in [0.15, 0.2) is 10.7 Å². The summed E-state index contributed by atoms with van der Waals surface area (Å²) in [6.07, 6.45) is 13.3. The fourth-order valence-corrected chi connectivity index (χ4v) is 4.72. The molecule has 3 heterocycles. The average Bonchev–Trinajstić information content (AvgIpc) is 3.37. The van der Waals surface area contributed by atoms with Crippen LogP contribution >= 0.6 is 0 Å². The number of amides is 1. The van der Waals surface area contributed by atoms with Crippen molar-refractivity contribution >= 4 is 17.7 Å². The third-order valence-corrected chi connectivity index (χ3v) is 6.32. The number of nitrogens with one attached hydrogen (secondary N) is 2. The van der Waals surface area contributed by atoms with Crippen molar-refractivity contribution in [1.29, 1.82) is 0 Å². The summed E-state index contributed by atoms with van der Waals surface area (Å²) in [5, 5.41) is 4.31. The maximum Gasteiger partial charge on any atom is 0.273 e. The maximum atomic E-state index is 12.3. The molecule has 1 aromatic heterocycles. The highest BCUT2D eigenvalue weighted by atomic mass is 16.2. The standard InChI is InChI=1S/C21H28N4O/c26-21-16(20(23-24-21)14-8-9-14)12-19-17(13-25-10-4-1-5-11-25)15-6-2-3-7-18(15)22-19/h12,14,22H,1-11,13H2,(H,24,26)/b16-12-. The van der Waals surface area contributed by atoms with Gasteiger partial charge in [-0.05, 0) is 81.7 Å². The minimum atomic E-state index is -0.0385. The lowest BCUT2D eigenvalue weighted by Gasteiger charge is -2.27. The van der Waals surface area contributed by atoms with E-state index in [0.717, 1.165) is 42.8 Å². The van der Waals surface area contributed by atoms with Crippen molar-refractivity contribution in [3.05, 3.63) is 28.1 Å². The average molecular weight is 352 g/mol. The maximum absolute atomic E-state index is 12.3. The Kier molecular flexibility index (Phi) is 4.20. The molecule has 0 spiro atoms. The van der Waals surface area contributed by atoms with Crippen LogP contribution in [0.3, 0.4) is 0 Å². The minimum absolute atomic E-state index is 0.0385. The van der Waals surface area contributed by atoms with Crippen LogP contribution in [0.2, 0.25) is 0 Å². The summed E-state index contributed by atoms with van der Waals surface area (Å²) in [4.78, 5) is 18.6. The number of likely N-dealkylation sites (tertiary alicyclic amines) is 1. The number of carbonyl (C=O) groups is 1. The molecule has 0 unspecified atom stereocenters. The van der Waals surface area contributed by atoms with Gasteiger partial charge in [-0.1, -0.05) is 6.42 Å². The van der Waals surface area contributed by atoms with E-state index in [-0.39, 0.29) is 5.91 Å². The van der Waals surface area contributed by atoms with E-state index in [1.165, 1.54) is 68.4 Å². The SMILES string of the molecule is O=C1NN=C(C2CC2)/C1=C/c1[nH]c2c(c1CN1CCCCC1)CCCC2. The summed E-state index contributed by atoms with van der Waals surface area (Å²) in [5.41, 5.74) is 9.96. The summed E-state index contributed by atoms with van der Waals surface area (Å²) in [6.45, 7) is 3.42. The quantitative estimate of drug-likeness (QED) is 0.818. The second-order valence-electron chi connectivity index (χ2n) is 8.29. The summed E-state index contributed by atoms with van der Waals surface area (Å²) in [6, 6.07) is 0. The molecule has 2 N–H and O–H groups in total. The molecule has 5 heteroatoms. The first-order valence-electron chi connectivity index (χ1n) is 10.3. The molecule has 2 aliphatic carbocycles. The number of hydrogen-bond donors (Lipinski definition) is 2. The van der Waals surface area contributed by atoms with Crippen LogP contribution in [-0.4, -0.2) is 34.6 Å². The number of H-pyrrole nitrogens is 1. The molecule has 1 aromatic rings. The third kappa shape index (κ3) is 3.02. The van der Waals surface area contributed by atoms with E-state index in [9.17, 15) is 4.79 Å². The van der Waals surface area contributed by atoms with Gasteiger partial charge in [0.2, 0.25) is 0 Å². The smallest absolute Gasteiger partial charge is 0.273 e. The van der Waals surface area contributed by atoms with Gasteiger partial charge in [-0.2, -0.15) is 5.10 Å². The molecular weight excluding hydrogens is 324 g/mol. The van der Waals surface area contributed by atoms with Gasteiger partial charge in [0.25, 0.3) is 5.91 Å². The topological polar surface area (TPSA) is 60.5 Å². The number of nitrogens with zero attached hydrogens (tertiary/aromatic N) is 2. The van der Waals surface area contributed by atoms with E-state index in [4.69, 9.17) is 0 Å². The summed E-state index contributed by atoms with van der Waals surface area (Å²) in [7, 11) is 0. The highest BCUT2D eigenvalue weighted by Crippen LogP contribution is 2.36. The van der Waals surface area contributed by atoms with Crippen molar-refractivity contribution in [3.8, 4) is 0 Å². The molecule has 0 aromatic carbocycles. The van der Waals surface area contributed by atoms with Gasteiger partial charge in [0, 0.05) is 23.9 Å². The number of fused-ring (bicyclic) bond motifs is 1. The summed E-state index contributed by atoms with van der Waals surface area (Å²) < 4.78 is 0. The van der Waals surface area contributed by atoms with Gasteiger partial charge in [-0.15, -0.1) is 0 Å². The molecule has 1 saturated heterocycles. The monoisotopic (exact) mass is 352 g/mol. The Morgan fingerprint density at radius 3 is 2.69 bits per heavy atom. The van der Waals surface area contributed by atoms with Crippen LogP contribution in [-0.2, 0) is 24.2 Å². The Balaban J connectivity index is 1.51. The van der Waals surface area contributed by atoms with Crippen molar-refractivity contribution < 1.29 is 4.79 Å². The molecule has 5 rings (SSSR count). The number of hydrazone groups is 1. The summed E-state index contributed by atoms with van der Waals surface area (Å²) >= 11 is 0. The fraction of sp³-hybridized carbons (Fsp3) is 0.619. The lowest BCUT2D eigenvalue weighted by atomic mass is 9.93. The fourth-order valence-electron chi connectivity index (χ4n) is 4.72. The third-order valence-electron chi connectivity index (χ3n) is 6.32. The number of rotatable bonds is 4. The lowest BCUT2D eigenvalue weighted by Crippen LogP contribution is -2.29. The van der Waals surface area contributed by atoms with E-state index in [1.54, 1.807) is 0 Å². The molecule has 1 amide bonds. The number of carbonyl (C=O) groups excluding carboxylic acids is 1. The zero-order valence-corrected chi connectivity index (χ0v) is 15.4. The van der Waals surface area contributed by atoms with Crippen LogP contribution in [0.25, 0.3) is 6.08 Å². The number of aromatic amines is 1. The molecule has 5 nitrogen and oxygen atoms in total. The first-order valence-corrected chi connectivity index (χ1v) is 10.3. The minimum Gasteiger partial charge on any atom is -0.358 e. The predicted molar refractivity (Wildman–Crippen MR) is 103 cm³/mol. The Morgan fingerprint density at radius 1 is 1.08 bits per heavy atom. The van der Waals surface area contributed by atoms with Gasteiger partial charge in [0.15, 0.2) is 0 Å². The molecule has 0 atom stereocenters. The molecule has 138 valence electrons. The van der Waals surface area contributed by atoms with Crippen LogP contribution in [0, 0.1) is 5.92 Å². The van der Waals surface area contributed by atoms with Crippen LogP contribution in [0.5, 0.6) is 0 Å². The van der Waals surface area contributed by atoms with Gasteiger partial charge in [-0.25, -0.2) is 5.43 Å². The van der Waals surface area contributed by atoms with Crippen LogP contribution in [0.1, 0.15) is 67.5 Å². The van der Waals surface area contributed by atoms with Crippen molar-refractivity contribution in [1.82, 2.24) is 15.3 Å². The van der Waals surface area contributed by atoms with Crippen LogP contribution in [0.4, 0.5) is 0 Å². The van der Waals surface area contributed by atoms with Gasteiger partial charge in [0.1, 0.15) is 0 Å². The Morgan fingerprint density at radius 2 is 1.88 bits per heavy atom. The number of piperidine rings is 1. The second kappa shape index (κ2) is 6.69. The highest BCUT2D eigenvalue weighted by Gasteiger charge is 2.36. The lowest BCUT2D eigenvalue weighted by molar-refractivity contribution is -0.116. The van der Waals surface area contributed by atoms with E-state index >= 15 is 0 Å². The zero-order chi connectivity index (χ0) is 17.5. The second-order valence-corrected chi connectivity index (χ2v) is 8.29. The molecule has 26 heavy (non-hydrogen) atoms. The van der Waals surface area contributed by atoms with Gasteiger partial charge in [0.05, 0.1) is 11.3 Å².